The van der Waals surface area contributed by atoms with Crippen LogP contribution in [0.3, 0.4) is 0 Å². The molecule has 0 saturated heterocycles. The van der Waals surface area contributed by atoms with E-state index in [2.05, 4.69) is 27.7 Å². The van der Waals surface area contributed by atoms with Gasteiger partial charge in [-0.25, -0.2) is 14.1 Å². The fourth-order valence-electron chi connectivity index (χ4n) is 4.83. The summed E-state index contributed by atoms with van der Waals surface area (Å²) >= 11 is 1.42. The molecule has 154 valence electrons. The Morgan fingerprint density at radius 1 is 1.10 bits per heavy atom. The highest BCUT2D eigenvalue weighted by Crippen LogP contribution is 2.39. The monoisotopic (exact) mass is 430 g/mol. The predicted octanol–water partition coefficient (Wildman–Crippen LogP) is 3.65. The van der Waals surface area contributed by atoms with Crippen molar-refractivity contribution < 1.29 is 9.00 Å². The highest BCUT2D eigenvalue weighted by molar-refractivity contribution is 7.93. The molecule has 1 atom stereocenters. The molecule has 0 bridgehead atoms. The first-order chi connectivity index (χ1) is 13.9. The van der Waals surface area contributed by atoms with Crippen LogP contribution in [0.15, 0.2) is 20.7 Å². The Morgan fingerprint density at radius 2 is 1.79 bits per heavy atom. The summed E-state index contributed by atoms with van der Waals surface area (Å²) in [7, 11) is -1.19. The fourth-order valence-corrected chi connectivity index (χ4v) is 7.43. The summed E-state index contributed by atoms with van der Waals surface area (Å²) < 4.78 is 17.5. The Hall–Kier alpha value is -1.74. The number of benzene rings is 1. The summed E-state index contributed by atoms with van der Waals surface area (Å²) in [5.41, 5.74) is 7.22. The van der Waals surface area contributed by atoms with E-state index in [-0.39, 0.29) is 0 Å². The van der Waals surface area contributed by atoms with Gasteiger partial charge in [0.1, 0.15) is 4.21 Å². The van der Waals surface area contributed by atoms with Crippen molar-refractivity contribution >= 4 is 33.0 Å². The molecule has 3 N–H and O–H groups in total. The van der Waals surface area contributed by atoms with Crippen LogP contribution >= 0.6 is 11.3 Å². The molecular weight excluding hydrogens is 404 g/mol. The average Bonchev–Trinajstić information content (AvgIpc) is 3.39. The third kappa shape index (κ3) is 3.52. The quantitative estimate of drug-likeness (QED) is 0.762. The fraction of sp³-hybridized carbons (Fsp3) is 0.476. The van der Waals surface area contributed by atoms with Crippen molar-refractivity contribution in [3.05, 3.63) is 44.8 Å². The van der Waals surface area contributed by atoms with E-state index in [0.717, 1.165) is 63.7 Å². The van der Waals surface area contributed by atoms with E-state index in [1.54, 1.807) is 0 Å². The molecule has 3 aliphatic rings. The van der Waals surface area contributed by atoms with Crippen LogP contribution in [-0.4, -0.2) is 28.7 Å². The number of likely N-dealkylation sites (N-methyl/N-ethyl adjacent to an activating group) is 1. The third-order valence-corrected chi connectivity index (χ3v) is 9.32. The number of amides is 2. The summed E-state index contributed by atoms with van der Waals surface area (Å²) in [6.07, 6.45) is 7.20. The molecule has 1 aromatic heterocycles. The molecule has 1 unspecified atom stereocenters. The zero-order chi connectivity index (χ0) is 20.2. The smallest absolute Gasteiger partial charge is 0.305 e. The first kappa shape index (κ1) is 19.2. The summed E-state index contributed by atoms with van der Waals surface area (Å²) in [6, 6.07) is 3.59. The Morgan fingerprint density at radius 3 is 2.48 bits per heavy atom. The number of hydrogen-bond donors (Lipinski definition) is 2. The van der Waals surface area contributed by atoms with Gasteiger partial charge in [-0.1, -0.05) is 6.07 Å². The van der Waals surface area contributed by atoms with Gasteiger partial charge in [0.2, 0.25) is 0 Å². The minimum atomic E-state index is -3.26. The normalized spacial score (nSPS) is 19.9. The lowest BCUT2D eigenvalue weighted by atomic mass is 9.99. The van der Waals surface area contributed by atoms with Crippen LogP contribution in [0.5, 0.6) is 0 Å². The van der Waals surface area contributed by atoms with Crippen molar-refractivity contribution in [2.45, 2.75) is 55.7 Å². The summed E-state index contributed by atoms with van der Waals surface area (Å²) in [4.78, 5) is 16.1. The SMILES string of the molecule is CN1CCc2cc(S(N)(=O)=NC(=O)Nc3c4c(cc5c3CCC5)CCC4)sc2C1. The number of fused-ring (bicyclic) bond motifs is 3. The van der Waals surface area contributed by atoms with E-state index in [9.17, 15) is 9.00 Å². The Bertz CT molecular complexity index is 1100. The second-order valence-corrected chi connectivity index (χ2v) is 11.5. The van der Waals surface area contributed by atoms with Gasteiger partial charge in [-0.2, -0.15) is 0 Å². The molecular formula is C21H26N4O2S2. The number of anilines is 1. The Balaban J connectivity index is 1.45. The lowest BCUT2D eigenvalue weighted by Crippen LogP contribution is -2.24. The molecule has 6 nitrogen and oxygen atoms in total. The number of rotatable bonds is 2. The first-order valence-electron chi connectivity index (χ1n) is 10.2. The molecule has 0 saturated carbocycles. The van der Waals surface area contributed by atoms with Gasteiger partial charge in [0, 0.05) is 23.7 Å². The molecule has 2 heterocycles. The van der Waals surface area contributed by atoms with Gasteiger partial charge in [0.15, 0.2) is 9.92 Å². The molecule has 0 radical (unpaired) electrons. The molecule has 29 heavy (non-hydrogen) atoms. The van der Waals surface area contributed by atoms with Gasteiger partial charge in [0.05, 0.1) is 0 Å². The van der Waals surface area contributed by atoms with E-state index in [1.807, 2.05) is 6.07 Å². The van der Waals surface area contributed by atoms with E-state index in [4.69, 9.17) is 5.14 Å². The standard InChI is InChI=1S/C21H26N4O2S2/c1-25-9-8-15-11-19(28-18(15)12-25)29(22,27)24-21(26)23-20-16-6-2-4-13(16)10-14-5-3-7-17(14)20/h10-11H,2-9,12H2,1H3,(H3,22,23,24,26,27). The lowest BCUT2D eigenvalue weighted by Gasteiger charge is -2.21. The maximum absolute atomic E-state index is 13.1. The summed E-state index contributed by atoms with van der Waals surface area (Å²) in [5.74, 6) is 0. The summed E-state index contributed by atoms with van der Waals surface area (Å²) in [5, 5.41) is 9.03. The number of nitrogens with one attached hydrogen (secondary N) is 1. The van der Waals surface area contributed by atoms with Crippen LogP contribution in [0.25, 0.3) is 0 Å². The maximum Gasteiger partial charge on any atom is 0.354 e. The molecule has 1 aliphatic heterocycles. The van der Waals surface area contributed by atoms with Crippen LogP contribution in [0.4, 0.5) is 10.5 Å². The predicted molar refractivity (Wildman–Crippen MR) is 117 cm³/mol. The number of hydrogen-bond acceptors (Lipinski definition) is 4. The second kappa shape index (κ2) is 7.19. The third-order valence-electron chi connectivity index (χ3n) is 6.26. The van der Waals surface area contributed by atoms with Gasteiger partial charge in [-0.05, 0) is 85.9 Å². The van der Waals surface area contributed by atoms with Gasteiger partial charge in [0.25, 0.3) is 0 Å². The van der Waals surface area contributed by atoms with Crippen molar-refractivity contribution in [1.82, 2.24) is 4.90 Å². The number of aryl methyl sites for hydroxylation is 2. The van der Waals surface area contributed by atoms with Crippen molar-refractivity contribution in [3.8, 4) is 0 Å². The van der Waals surface area contributed by atoms with Crippen LogP contribution in [-0.2, 0) is 48.6 Å². The van der Waals surface area contributed by atoms with Crippen molar-refractivity contribution in [2.75, 3.05) is 18.9 Å². The molecule has 5 rings (SSSR count). The van der Waals surface area contributed by atoms with E-state index < -0.39 is 15.9 Å². The molecule has 2 aromatic rings. The number of urea groups is 1. The van der Waals surface area contributed by atoms with Gasteiger partial charge in [-0.3, -0.25) is 0 Å². The topological polar surface area (TPSA) is 87.8 Å². The van der Waals surface area contributed by atoms with E-state index >= 15 is 0 Å². The molecule has 2 amide bonds. The lowest BCUT2D eigenvalue weighted by molar-refractivity contribution is 0.260. The van der Waals surface area contributed by atoms with Gasteiger partial charge >= 0.3 is 6.03 Å². The molecule has 0 spiro atoms. The molecule has 2 aliphatic carbocycles. The highest BCUT2D eigenvalue weighted by Gasteiger charge is 2.26. The van der Waals surface area contributed by atoms with Crippen LogP contribution < -0.4 is 10.5 Å². The second-order valence-electron chi connectivity index (χ2n) is 8.33. The minimum Gasteiger partial charge on any atom is -0.305 e. The number of thiophene rings is 1. The molecule has 1 aromatic carbocycles. The zero-order valence-corrected chi connectivity index (χ0v) is 18.3. The van der Waals surface area contributed by atoms with Crippen molar-refractivity contribution in [1.29, 1.82) is 0 Å². The number of nitrogens with zero attached hydrogens (tertiary/aromatic N) is 2. The number of carbonyl (C=O) groups is 1. The molecule has 8 heteroatoms. The van der Waals surface area contributed by atoms with Crippen LogP contribution in [0, 0.1) is 0 Å². The van der Waals surface area contributed by atoms with E-state index in [0.29, 0.717) is 4.21 Å². The maximum atomic E-state index is 13.1. The van der Waals surface area contributed by atoms with Gasteiger partial charge in [-0.15, -0.1) is 15.7 Å². The zero-order valence-electron chi connectivity index (χ0n) is 16.6. The van der Waals surface area contributed by atoms with Crippen molar-refractivity contribution in [3.63, 3.8) is 0 Å². The number of carbonyl (C=O) groups excluding carboxylic acids is 1. The minimum absolute atomic E-state index is 0.497. The number of nitrogens with two attached hydrogens (primary N) is 1. The average molecular weight is 431 g/mol. The summed E-state index contributed by atoms with van der Waals surface area (Å²) in [6.45, 7) is 1.79. The van der Waals surface area contributed by atoms with Crippen molar-refractivity contribution in [2.24, 2.45) is 9.50 Å². The Kier molecular flexibility index (Phi) is 4.77. The van der Waals surface area contributed by atoms with Gasteiger partial charge < -0.3 is 10.2 Å². The highest BCUT2D eigenvalue weighted by atomic mass is 32.2. The Labute approximate surface area is 175 Å². The largest absolute Gasteiger partial charge is 0.354 e. The molecule has 0 fully saturated rings. The first-order valence-corrected chi connectivity index (χ1v) is 12.6. The van der Waals surface area contributed by atoms with E-state index in [1.165, 1.54) is 44.0 Å². The van der Waals surface area contributed by atoms with Crippen LogP contribution in [0.1, 0.15) is 45.5 Å². The van der Waals surface area contributed by atoms with Crippen LogP contribution in [0.2, 0.25) is 0 Å².